The van der Waals surface area contributed by atoms with E-state index in [9.17, 15) is 45.6 Å². The molecule has 9 N–H and O–H groups in total. The van der Waals surface area contributed by atoms with Crippen LogP contribution in [0.2, 0.25) is 0 Å². The molecule has 2 saturated heterocycles. The third-order valence-corrected chi connectivity index (χ3v) is 18.7. The Morgan fingerprint density at radius 2 is 0.686 bits per heavy atom. The average molecular weight is 1430 g/mol. The topological polar surface area (TPSA) is 228 Å². The number of nitrogens with one attached hydrogen (secondary N) is 1. The molecule has 2 heterocycles. The summed E-state index contributed by atoms with van der Waals surface area (Å²) in [7, 11) is 0. The number of amides is 1. The molecule has 14 heteroatoms. The molecule has 0 aromatic rings. The lowest BCUT2D eigenvalue weighted by Crippen LogP contribution is -2.65. The van der Waals surface area contributed by atoms with Crippen LogP contribution in [-0.4, -0.2) is 140 Å². The van der Waals surface area contributed by atoms with Crippen molar-refractivity contribution < 1.29 is 64.6 Å². The Bertz CT molecular complexity index is 2330. The molecule has 0 aromatic carbocycles. The highest BCUT2D eigenvalue weighted by atomic mass is 16.7. The van der Waals surface area contributed by atoms with Crippen molar-refractivity contribution in [3.63, 3.8) is 0 Å². The van der Waals surface area contributed by atoms with E-state index in [4.69, 9.17) is 18.9 Å². The number of aliphatic hydroxyl groups excluding tert-OH is 8. The summed E-state index contributed by atoms with van der Waals surface area (Å²) >= 11 is 0. The quantitative estimate of drug-likeness (QED) is 0.0204. The van der Waals surface area contributed by atoms with E-state index in [0.717, 1.165) is 103 Å². The molecule has 0 radical (unpaired) electrons. The van der Waals surface area contributed by atoms with Gasteiger partial charge in [0.25, 0.3) is 0 Å². The van der Waals surface area contributed by atoms with E-state index in [-0.39, 0.29) is 18.9 Å². The van der Waals surface area contributed by atoms with Crippen LogP contribution in [0.15, 0.2) is 158 Å². The summed E-state index contributed by atoms with van der Waals surface area (Å²) in [5.41, 5.74) is 0. The van der Waals surface area contributed by atoms with E-state index >= 15 is 0 Å². The van der Waals surface area contributed by atoms with Gasteiger partial charge >= 0.3 is 0 Å². The highest BCUT2D eigenvalue weighted by Crippen LogP contribution is 2.30. The molecule has 0 aromatic heterocycles. The molecular weight excluding hydrogens is 1280 g/mol. The van der Waals surface area contributed by atoms with Gasteiger partial charge in [-0.1, -0.05) is 332 Å². The Morgan fingerprint density at radius 1 is 0.363 bits per heavy atom. The largest absolute Gasteiger partial charge is 0.394 e. The number of hydrogen-bond acceptors (Lipinski definition) is 13. The molecule has 12 unspecified atom stereocenters. The second-order valence-corrected chi connectivity index (χ2v) is 27.8. The molecule has 2 rings (SSSR count). The normalized spacial score (nSPS) is 22.5. The van der Waals surface area contributed by atoms with E-state index in [2.05, 4.69) is 165 Å². The van der Waals surface area contributed by atoms with Gasteiger partial charge in [0.1, 0.15) is 48.8 Å². The summed E-state index contributed by atoms with van der Waals surface area (Å²) in [5, 5.41) is 87.6. The first-order valence-corrected chi connectivity index (χ1v) is 40.7. The fraction of sp³-hybridized carbons (Fsp3) is 0.693. The van der Waals surface area contributed by atoms with E-state index < -0.39 is 86.8 Å². The molecule has 102 heavy (non-hydrogen) atoms. The molecule has 2 aliphatic rings. The number of carbonyl (C=O) groups is 1. The van der Waals surface area contributed by atoms with Crippen LogP contribution in [0.5, 0.6) is 0 Å². The Labute approximate surface area is 620 Å². The summed E-state index contributed by atoms with van der Waals surface area (Å²) in [4.78, 5) is 13.4. The number of unbranched alkanes of at least 4 members (excludes halogenated alkanes) is 29. The summed E-state index contributed by atoms with van der Waals surface area (Å²) in [6.07, 6.45) is 90.4. The lowest BCUT2D eigenvalue weighted by molar-refractivity contribution is -0.359. The smallest absolute Gasteiger partial charge is 0.220 e. The van der Waals surface area contributed by atoms with Gasteiger partial charge in [0, 0.05) is 6.42 Å². The lowest BCUT2D eigenvalue weighted by Gasteiger charge is -2.46. The lowest BCUT2D eigenvalue weighted by atomic mass is 9.97. The number of allylic oxidation sites excluding steroid dienone is 25. The van der Waals surface area contributed by atoms with Crippen molar-refractivity contribution in [1.82, 2.24) is 5.32 Å². The van der Waals surface area contributed by atoms with Gasteiger partial charge in [-0.15, -0.1) is 0 Å². The summed E-state index contributed by atoms with van der Waals surface area (Å²) in [6.45, 7) is 2.67. The van der Waals surface area contributed by atoms with Crippen LogP contribution >= 0.6 is 0 Å². The highest BCUT2D eigenvalue weighted by Gasteiger charge is 2.51. The molecule has 0 spiro atoms. The molecule has 2 aliphatic heterocycles. The minimum atomic E-state index is -1.80. The first-order chi connectivity index (χ1) is 50.1. The van der Waals surface area contributed by atoms with Gasteiger partial charge in [0.05, 0.1) is 32.0 Å². The second kappa shape index (κ2) is 69.6. The maximum atomic E-state index is 13.4. The van der Waals surface area contributed by atoms with Crippen molar-refractivity contribution >= 4 is 5.91 Å². The number of carbonyl (C=O) groups excluding carboxylic acids is 1. The van der Waals surface area contributed by atoms with Gasteiger partial charge in [0.2, 0.25) is 5.91 Å². The van der Waals surface area contributed by atoms with E-state index in [1.54, 1.807) is 6.08 Å². The number of aliphatic hydroxyl groups is 8. The number of rotatable bonds is 66. The fourth-order valence-electron chi connectivity index (χ4n) is 12.3. The van der Waals surface area contributed by atoms with Gasteiger partial charge < -0.3 is 65.1 Å². The molecule has 12 atom stereocenters. The van der Waals surface area contributed by atoms with Crippen LogP contribution in [0, 0.1) is 0 Å². The predicted molar refractivity (Wildman–Crippen MR) is 424 cm³/mol. The maximum Gasteiger partial charge on any atom is 0.220 e. The van der Waals surface area contributed by atoms with Crippen LogP contribution in [0.25, 0.3) is 0 Å². The van der Waals surface area contributed by atoms with Crippen LogP contribution in [0.3, 0.4) is 0 Å². The standard InChI is InChI=1S/C88H147NO13/c1-3-5-7-9-11-13-15-17-19-21-23-25-27-29-31-33-35-36-37-38-39-40-42-44-46-48-50-52-54-56-58-60-62-64-66-68-70-72-80(93)89-76(75-99-87-85(98)83(96)86(79(74-91)101-87)102-88-84(97)82(95)81(94)78(73-90)100-88)77(92)71-69-67-65-63-61-59-57-55-53-51-49-47-45-43-41-34-32-30-28-26-24-22-20-18-16-14-12-10-8-6-4-2/h5,7,11,13,17,19,23,25,29,31,35-36,38-39,42,44,48,50,54,56,60-63,69,71,76-79,81-88,90-92,94-98H,3-4,6,8-10,12,14-16,18,20-22,24,26-28,30,32-34,37,40-41,43,45-47,49,51-53,55,57-59,64-68,70,72-75H2,1-2H3,(H,89,93)/b7-5-,13-11-,19-17-,25-23-,31-29-,36-35-,39-38-,44-42-,50-48-,56-54-,62-60-,63-61+,71-69+. The minimum absolute atomic E-state index is 0.223. The monoisotopic (exact) mass is 1430 g/mol. The summed E-state index contributed by atoms with van der Waals surface area (Å²) < 4.78 is 22.9. The van der Waals surface area contributed by atoms with Crippen LogP contribution < -0.4 is 5.32 Å². The molecule has 0 saturated carbocycles. The van der Waals surface area contributed by atoms with E-state index in [1.807, 2.05) is 6.08 Å². The van der Waals surface area contributed by atoms with Crippen molar-refractivity contribution in [2.45, 2.75) is 370 Å². The van der Waals surface area contributed by atoms with Crippen LogP contribution in [0.4, 0.5) is 0 Å². The maximum absolute atomic E-state index is 13.4. The molecular formula is C88H147NO13. The molecule has 1 amide bonds. The third kappa shape index (κ3) is 51.7. The molecule has 582 valence electrons. The Hall–Kier alpha value is -4.39. The Balaban J connectivity index is 1.67. The van der Waals surface area contributed by atoms with Gasteiger partial charge in [-0.25, -0.2) is 0 Å². The zero-order valence-corrected chi connectivity index (χ0v) is 63.8. The van der Waals surface area contributed by atoms with Crippen molar-refractivity contribution in [1.29, 1.82) is 0 Å². The van der Waals surface area contributed by atoms with Gasteiger partial charge in [0.15, 0.2) is 12.6 Å². The fourth-order valence-corrected chi connectivity index (χ4v) is 12.3. The summed E-state index contributed by atoms with van der Waals surface area (Å²) in [6, 6.07) is -0.964. The number of ether oxygens (including phenoxy) is 4. The Morgan fingerprint density at radius 3 is 1.08 bits per heavy atom. The third-order valence-electron chi connectivity index (χ3n) is 18.7. The zero-order chi connectivity index (χ0) is 73.7. The van der Waals surface area contributed by atoms with Crippen molar-refractivity contribution in [3.8, 4) is 0 Å². The minimum Gasteiger partial charge on any atom is -0.394 e. The first kappa shape index (κ1) is 93.7. The van der Waals surface area contributed by atoms with Crippen molar-refractivity contribution in [2.75, 3.05) is 19.8 Å². The van der Waals surface area contributed by atoms with Crippen molar-refractivity contribution in [2.24, 2.45) is 0 Å². The van der Waals surface area contributed by atoms with Crippen LogP contribution in [-0.2, 0) is 23.7 Å². The van der Waals surface area contributed by atoms with Gasteiger partial charge in [-0.2, -0.15) is 0 Å². The SMILES string of the molecule is CC/C=C\C/C=C\C/C=C\C/C=C\C/C=C\C/C=C\C/C=C\C/C=C\C/C=C\C/C=C\C/C=C\CCCCCC(=O)NC(COC1OC(CO)C(OC2OC(CO)C(O)C(O)C2O)C(O)C1O)C(O)/C=C/CC/C=C/CCCCCCCCCCCCCCCCCCCCCCCCCCC. The molecule has 2 fully saturated rings. The molecule has 0 bridgehead atoms. The van der Waals surface area contributed by atoms with E-state index in [0.29, 0.717) is 12.8 Å². The Kier molecular flexibility index (Phi) is 64.0. The second-order valence-electron chi connectivity index (χ2n) is 27.8. The average Bonchev–Trinajstić information content (AvgIpc) is 0.790. The van der Waals surface area contributed by atoms with Gasteiger partial charge in [-0.05, 0) is 116 Å². The summed E-state index contributed by atoms with van der Waals surface area (Å²) in [5.74, 6) is -0.285. The molecule has 0 aliphatic carbocycles. The first-order valence-electron chi connectivity index (χ1n) is 40.7. The highest BCUT2D eigenvalue weighted by molar-refractivity contribution is 5.76. The zero-order valence-electron chi connectivity index (χ0n) is 63.8. The predicted octanol–water partition coefficient (Wildman–Crippen LogP) is 18.9. The number of hydrogen-bond donors (Lipinski definition) is 9. The van der Waals surface area contributed by atoms with E-state index in [1.165, 1.54) is 161 Å². The van der Waals surface area contributed by atoms with Gasteiger partial charge in [-0.3, -0.25) is 4.79 Å². The van der Waals surface area contributed by atoms with Crippen LogP contribution in [0.1, 0.15) is 296 Å². The molecule has 14 nitrogen and oxygen atoms in total. The van der Waals surface area contributed by atoms with Crippen molar-refractivity contribution in [3.05, 3.63) is 158 Å².